The van der Waals surface area contributed by atoms with Gasteiger partial charge in [0.25, 0.3) is 0 Å². The molecule has 6 rings (SSSR count). The van der Waals surface area contributed by atoms with Crippen molar-refractivity contribution in [3.05, 3.63) is 120 Å². The molecule has 0 heterocycles. The number of ether oxygens (including phenoxy) is 4. The Morgan fingerprint density at radius 1 is 0.425 bits per heavy atom. The molecule has 0 bridgehead atoms. The van der Waals surface area contributed by atoms with Crippen LogP contribution in [-0.2, 0) is 5.41 Å². The number of benzene rings is 5. The van der Waals surface area contributed by atoms with Crippen LogP contribution in [0.15, 0.2) is 103 Å². The van der Waals surface area contributed by atoms with Gasteiger partial charge in [-0.1, -0.05) is 42.5 Å². The summed E-state index contributed by atoms with van der Waals surface area (Å²) in [7, 11) is 6.81. The van der Waals surface area contributed by atoms with Crippen LogP contribution in [0.2, 0.25) is 0 Å². The second-order valence-electron chi connectivity index (χ2n) is 10.2. The molecule has 1 atom stereocenters. The third-order valence-electron chi connectivity index (χ3n) is 8.19. The molecule has 5 aromatic rings. The number of fused-ring (bicyclic) bond motifs is 3. The molecule has 5 aromatic carbocycles. The summed E-state index contributed by atoms with van der Waals surface area (Å²) in [6.45, 7) is 2.32. The van der Waals surface area contributed by atoms with Gasteiger partial charge in [-0.3, -0.25) is 0 Å². The van der Waals surface area contributed by atoms with Crippen LogP contribution in [0, 0.1) is 0 Å². The van der Waals surface area contributed by atoms with Crippen LogP contribution in [0.4, 0.5) is 0 Å². The summed E-state index contributed by atoms with van der Waals surface area (Å²) in [6, 6.07) is 36.1. The minimum atomic E-state index is -0.431. The summed E-state index contributed by atoms with van der Waals surface area (Å²) < 4.78 is 22.1. The fraction of sp³-hybridized carbons (Fsp3) is 0.167. The van der Waals surface area contributed by atoms with Crippen molar-refractivity contribution in [3.8, 4) is 56.4 Å². The molecule has 4 nitrogen and oxygen atoms in total. The molecule has 0 aliphatic heterocycles. The molecule has 0 aromatic heterocycles. The Morgan fingerprint density at radius 3 is 1.45 bits per heavy atom. The highest BCUT2D eigenvalue weighted by Crippen LogP contribution is 2.57. The maximum atomic E-state index is 5.71. The van der Waals surface area contributed by atoms with Crippen molar-refractivity contribution in [2.24, 2.45) is 0 Å². The monoisotopic (exact) mass is 528 g/mol. The number of methoxy groups -OCH3 is 4. The lowest BCUT2D eigenvalue weighted by molar-refractivity contribution is 0.413. The molecular weight excluding hydrogens is 496 g/mol. The smallest absolute Gasteiger partial charge is 0.119 e. The summed E-state index contributed by atoms with van der Waals surface area (Å²) >= 11 is 0. The van der Waals surface area contributed by atoms with Gasteiger partial charge in [-0.2, -0.15) is 0 Å². The van der Waals surface area contributed by atoms with E-state index in [0.29, 0.717) is 0 Å². The van der Waals surface area contributed by atoms with Crippen molar-refractivity contribution in [2.45, 2.75) is 12.3 Å². The van der Waals surface area contributed by atoms with Gasteiger partial charge < -0.3 is 18.9 Å². The first-order valence-corrected chi connectivity index (χ1v) is 13.3. The van der Waals surface area contributed by atoms with E-state index < -0.39 is 5.41 Å². The summed E-state index contributed by atoms with van der Waals surface area (Å²) in [6.07, 6.45) is 0. The summed E-state index contributed by atoms with van der Waals surface area (Å²) in [4.78, 5) is 0. The van der Waals surface area contributed by atoms with Crippen molar-refractivity contribution in [3.63, 3.8) is 0 Å². The van der Waals surface area contributed by atoms with Gasteiger partial charge >= 0.3 is 0 Å². The van der Waals surface area contributed by atoms with Crippen LogP contribution < -0.4 is 18.9 Å². The van der Waals surface area contributed by atoms with Crippen molar-refractivity contribution in [1.82, 2.24) is 0 Å². The molecule has 40 heavy (non-hydrogen) atoms. The normalized spacial score (nSPS) is 15.2. The molecule has 0 saturated carbocycles. The van der Waals surface area contributed by atoms with Gasteiger partial charge in [-0.25, -0.2) is 0 Å². The Hall–Kier alpha value is -4.70. The molecule has 0 saturated heterocycles. The van der Waals surface area contributed by atoms with Gasteiger partial charge in [0.05, 0.1) is 28.4 Å². The lowest BCUT2D eigenvalue weighted by Crippen LogP contribution is -2.23. The molecular formula is C36H32O4. The fourth-order valence-electron chi connectivity index (χ4n) is 6.00. The van der Waals surface area contributed by atoms with E-state index in [-0.39, 0.29) is 0 Å². The first kappa shape index (κ1) is 25.6. The Bertz CT molecular complexity index is 1670. The molecule has 1 aliphatic carbocycles. The molecule has 1 unspecified atom stereocenters. The van der Waals surface area contributed by atoms with Crippen molar-refractivity contribution < 1.29 is 18.9 Å². The molecule has 200 valence electrons. The summed E-state index contributed by atoms with van der Waals surface area (Å²) in [5.74, 6) is 3.34. The molecule has 4 heteroatoms. The van der Waals surface area contributed by atoms with Crippen LogP contribution in [-0.4, -0.2) is 28.4 Å². The average Bonchev–Trinajstić information content (AvgIpc) is 3.29. The first-order chi connectivity index (χ1) is 19.5. The van der Waals surface area contributed by atoms with Crippen LogP contribution in [0.25, 0.3) is 33.4 Å². The van der Waals surface area contributed by atoms with E-state index in [9.17, 15) is 0 Å². The van der Waals surface area contributed by atoms with Gasteiger partial charge in [0.15, 0.2) is 0 Å². The van der Waals surface area contributed by atoms with Crippen LogP contribution >= 0.6 is 0 Å². The lowest BCUT2D eigenvalue weighted by atomic mass is 9.71. The van der Waals surface area contributed by atoms with Crippen molar-refractivity contribution in [2.75, 3.05) is 28.4 Å². The van der Waals surface area contributed by atoms with Gasteiger partial charge in [-0.05, 0) is 118 Å². The van der Waals surface area contributed by atoms with Crippen molar-refractivity contribution in [1.29, 1.82) is 0 Å². The van der Waals surface area contributed by atoms with Gasteiger partial charge in [-0.15, -0.1) is 0 Å². The SMILES string of the molecule is COc1ccc(-c2cc(-c3ccc(OC)cc3)c3c(c2)-c2ccc(OC)cc2C3(C)c2ccc(OC)cc2)cc1. The van der Waals surface area contributed by atoms with Gasteiger partial charge in [0.2, 0.25) is 0 Å². The largest absolute Gasteiger partial charge is 0.497 e. The molecule has 0 radical (unpaired) electrons. The Balaban J connectivity index is 1.68. The van der Waals surface area contributed by atoms with Crippen molar-refractivity contribution >= 4 is 0 Å². The molecule has 0 fully saturated rings. The fourth-order valence-corrected chi connectivity index (χ4v) is 6.00. The highest BCUT2D eigenvalue weighted by molar-refractivity contribution is 5.94. The second-order valence-corrected chi connectivity index (χ2v) is 10.2. The Labute approximate surface area is 235 Å². The number of hydrogen-bond acceptors (Lipinski definition) is 4. The molecule has 0 amide bonds. The minimum Gasteiger partial charge on any atom is -0.497 e. The quantitative estimate of drug-likeness (QED) is 0.213. The van der Waals surface area contributed by atoms with Crippen LogP contribution in [0.3, 0.4) is 0 Å². The third-order valence-corrected chi connectivity index (χ3v) is 8.19. The molecule has 1 aliphatic rings. The zero-order valence-electron chi connectivity index (χ0n) is 23.4. The maximum Gasteiger partial charge on any atom is 0.119 e. The average molecular weight is 529 g/mol. The number of rotatable bonds is 7. The number of hydrogen-bond donors (Lipinski definition) is 0. The van der Waals surface area contributed by atoms with E-state index in [4.69, 9.17) is 18.9 Å². The Kier molecular flexibility index (Phi) is 6.47. The van der Waals surface area contributed by atoms with Crippen LogP contribution in [0.5, 0.6) is 23.0 Å². The van der Waals surface area contributed by atoms with Gasteiger partial charge in [0, 0.05) is 5.41 Å². The van der Waals surface area contributed by atoms with E-state index in [1.54, 1.807) is 28.4 Å². The second kappa shape index (κ2) is 10.1. The highest BCUT2D eigenvalue weighted by Gasteiger charge is 2.43. The summed E-state index contributed by atoms with van der Waals surface area (Å²) in [5, 5.41) is 0. The highest BCUT2D eigenvalue weighted by atomic mass is 16.5. The van der Waals surface area contributed by atoms with E-state index in [1.165, 1.54) is 33.4 Å². The predicted octanol–water partition coefficient (Wildman–Crippen LogP) is 8.39. The van der Waals surface area contributed by atoms with E-state index in [2.05, 4.69) is 73.7 Å². The predicted molar refractivity (Wildman–Crippen MR) is 161 cm³/mol. The third kappa shape index (κ3) is 4.08. The zero-order valence-corrected chi connectivity index (χ0v) is 23.4. The molecule has 0 N–H and O–H groups in total. The van der Waals surface area contributed by atoms with E-state index in [0.717, 1.165) is 39.7 Å². The standard InChI is InChI=1S/C36H32O4/c1-36(26-10-16-29(39-4)17-11-26)34-22-30(40-5)18-19-31(34)33-21-25(23-6-12-27(37-2)13-7-23)20-32(35(33)36)24-8-14-28(38-3)15-9-24/h6-22H,1-5H3. The van der Waals surface area contributed by atoms with E-state index in [1.807, 2.05) is 36.4 Å². The topological polar surface area (TPSA) is 36.9 Å². The zero-order chi connectivity index (χ0) is 27.9. The first-order valence-electron chi connectivity index (χ1n) is 13.3. The van der Waals surface area contributed by atoms with Gasteiger partial charge in [0.1, 0.15) is 23.0 Å². The minimum absolute atomic E-state index is 0.431. The lowest BCUT2D eigenvalue weighted by Gasteiger charge is -2.31. The maximum absolute atomic E-state index is 5.71. The summed E-state index contributed by atoms with van der Waals surface area (Å²) in [5.41, 5.74) is 10.3. The Morgan fingerprint density at radius 2 is 0.900 bits per heavy atom. The van der Waals surface area contributed by atoms with Crippen LogP contribution in [0.1, 0.15) is 23.6 Å². The van der Waals surface area contributed by atoms with E-state index >= 15 is 0 Å². The molecule has 0 spiro atoms.